The Morgan fingerprint density at radius 3 is 3.00 bits per heavy atom. The van der Waals surface area contributed by atoms with E-state index in [1.807, 2.05) is 31.2 Å². The van der Waals surface area contributed by atoms with Crippen LogP contribution in [-0.2, 0) is 0 Å². The number of aromatic nitrogens is 1. The summed E-state index contributed by atoms with van der Waals surface area (Å²) in [5.41, 5.74) is 4.63. The Morgan fingerprint density at radius 2 is 2.17 bits per heavy atom. The summed E-state index contributed by atoms with van der Waals surface area (Å²) >= 11 is 0. The van der Waals surface area contributed by atoms with Gasteiger partial charge in [0, 0.05) is 17.1 Å². The van der Waals surface area contributed by atoms with Crippen LogP contribution in [0.4, 0.5) is 0 Å². The summed E-state index contributed by atoms with van der Waals surface area (Å²) in [7, 11) is 0. The molecule has 0 saturated carbocycles. The quantitative estimate of drug-likeness (QED) is 0.498. The molecule has 0 unspecified atom stereocenters. The molecule has 3 aromatic rings. The van der Waals surface area contributed by atoms with Crippen molar-refractivity contribution in [2.45, 2.75) is 6.92 Å². The number of ether oxygens (including phenoxy) is 1. The smallest absolute Gasteiger partial charge is 0.273 e. The molecule has 0 aliphatic rings. The summed E-state index contributed by atoms with van der Waals surface area (Å²) in [6.07, 6.45) is 3.15. The Balaban J connectivity index is 1.72. The molecular formula is C18H17N3O3. The number of para-hydroxylation sites is 1. The molecule has 2 aromatic carbocycles. The Labute approximate surface area is 138 Å². The first kappa shape index (κ1) is 15.6. The minimum Gasteiger partial charge on any atom is -0.504 e. The van der Waals surface area contributed by atoms with E-state index in [1.165, 1.54) is 12.3 Å². The fourth-order valence-electron chi connectivity index (χ4n) is 2.37. The monoisotopic (exact) mass is 323 g/mol. The molecule has 0 saturated heterocycles. The predicted octanol–water partition coefficient (Wildman–Crippen LogP) is 3.04. The van der Waals surface area contributed by atoms with Gasteiger partial charge in [0.05, 0.1) is 18.4 Å². The highest BCUT2D eigenvalue weighted by Gasteiger charge is 2.10. The van der Waals surface area contributed by atoms with E-state index in [1.54, 1.807) is 18.3 Å². The number of hydrogen-bond donors (Lipinski definition) is 3. The van der Waals surface area contributed by atoms with E-state index < -0.39 is 0 Å². The number of nitrogens with one attached hydrogen (secondary N) is 2. The van der Waals surface area contributed by atoms with Crippen molar-refractivity contribution in [3.63, 3.8) is 0 Å². The predicted molar refractivity (Wildman–Crippen MR) is 92.6 cm³/mol. The molecule has 0 spiro atoms. The minimum atomic E-state index is -0.299. The zero-order chi connectivity index (χ0) is 16.9. The fraction of sp³-hybridized carbons (Fsp3) is 0.111. The molecule has 1 heterocycles. The minimum absolute atomic E-state index is 0.0665. The number of carbonyl (C=O) groups is 1. The maximum absolute atomic E-state index is 12.2. The van der Waals surface area contributed by atoms with Crippen LogP contribution in [0.25, 0.3) is 10.9 Å². The summed E-state index contributed by atoms with van der Waals surface area (Å²) in [4.78, 5) is 15.3. The molecule has 3 rings (SSSR count). The van der Waals surface area contributed by atoms with Crippen LogP contribution in [0.1, 0.15) is 22.8 Å². The maximum atomic E-state index is 12.2. The molecular weight excluding hydrogens is 306 g/mol. The second-order valence-electron chi connectivity index (χ2n) is 5.11. The number of benzene rings is 2. The average Bonchev–Trinajstić information content (AvgIpc) is 3.02. The number of rotatable bonds is 5. The molecule has 0 fully saturated rings. The van der Waals surface area contributed by atoms with Gasteiger partial charge in [-0.1, -0.05) is 18.2 Å². The molecule has 0 bridgehead atoms. The SMILES string of the molecule is CCOc1cc(C=NNC(=O)c2c[nH]c3ccccc23)ccc1O. The zero-order valence-electron chi connectivity index (χ0n) is 13.1. The lowest BCUT2D eigenvalue weighted by Crippen LogP contribution is -2.17. The van der Waals surface area contributed by atoms with Crippen LogP contribution in [-0.4, -0.2) is 28.8 Å². The number of nitrogens with zero attached hydrogens (tertiary/aromatic N) is 1. The maximum Gasteiger partial charge on any atom is 0.273 e. The van der Waals surface area contributed by atoms with E-state index in [2.05, 4.69) is 15.5 Å². The highest BCUT2D eigenvalue weighted by atomic mass is 16.5. The van der Waals surface area contributed by atoms with Gasteiger partial charge >= 0.3 is 0 Å². The van der Waals surface area contributed by atoms with Gasteiger partial charge in [-0.15, -0.1) is 0 Å². The van der Waals surface area contributed by atoms with Crippen LogP contribution in [0.15, 0.2) is 53.8 Å². The number of aromatic hydroxyl groups is 1. The molecule has 6 nitrogen and oxygen atoms in total. The van der Waals surface area contributed by atoms with Crippen LogP contribution in [0.2, 0.25) is 0 Å². The van der Waals surface area contributed by atoms with E-state index in [4.69, 9.17) is 4.74 Å². The van der Waals surface area contributed by atoms with Gasteiger partial charge in [-0.2, -0.15) is 5.10 Å². The zero-order valence-corrected chi connectivity index (χ0v) is 13.1. The second-order valence-corrected chi connectivity index (χ2v) is 5.11. The summed E-state index contributed by atoms with van der Waals surface area (Å²) in [5.74, 6) is 0.147. The number of hydrazone groups is 1. The molecule has 0 aliphatic heterocycles. The van der Waals surface area contributed by atoms with Crippen LogP contribution < -0.4 is 10.2 Å². The molecule has 1 amide bonds. The van der Waals surface area contributed by atoms with Gasteiger partial charge in [0.1, 0.15) is 0 Å². The summed E-state index contributed by atoms with van der Waals surface area (Å²) in [6, 6.07) is 12.4. The van der Waals surface area contributed by atoms with E-state index in [9.17, 15) is 9.90 Å². The molecule has 0 atom stereocenters. The van der Waals surface area contributed by atoms with Crippen molar-refractivity contribution >= 4 is 23.0 Å². The third-order valence-corrected chi connectivity index (χ3v) is 3.50. The van der Waals surface area contributed by atoms with E-state index in [0.29, 0.717) is 23.5 Å². The summed E-state index contributed by atoms with van der Waals surface area (Å²) < 4.78 is 5.31. The van der Waals surface area contributed by atoms with Gasteiger partial charge in [0.15, 0.2) is 11.5 Å². The van der Waals surface area contributed by atoms with Crippen molar-refractivity contribution in [3.8, 4) is 11.5 Å². The molecule has 1 aromatic heterocycles. The summed E-state index contributed by atoms with van der Waals surface area (Å²) in [6.45, 7) is 2.28. The normalized spacial score (nSPS) is 11.0. The van der Waals surface area contributed by atoms with Crippen molar-refractivity contribution in [3.05, 3.63) is 59.8 Å². The lowest BCUT2D eigenvalue weighted by molar-refractivity contribution is 0.0957. The highest BCUT2D eigenvalue weighted by Crippen LogP contribution is 2.26. The number of fused-ring (bicyclic) bond motifs is 1. The van der Waals surface area contributed by atoms with Gasteiger partial charge in [-0.3, -0.25) is 4.79 Å². The number of hydrogen-bond acceptors (Lipinski definition) is 4. The summed E-state index contributed by atoms with van der Waals surface area (Å²) in [5, 5.41) is 14.5. The van der Waals surface area contributed by atoms with Gasteiger partial charge in [0.2, 0.25) is 0 Å². The number of phenols is 1. The van der Waals surface area contributed by atoms with E-state index in [-0.39, 0.29) is 11.7 Å². The van der Waals surface area contributed by atoms with Gasteiger partial charge < -0.3 is 14.8 Å². The molecule has 3 N–H and O–H groups in total. The average molecular weight is 323 g/mol. The van der Waals surface area contributed by atoms with Crippen LogP contribution >= 0.6 is 0 Å². The van der Waals surface area contributed by atoms with Crippen LogP contribution in [0.3, 0.4) is 0 Å². The van der Waals surface area contributed by atoms with Gasteiger partial charge in [-0.25, -0.2) is 5.43 Å². The molecule has 6 heteroatoms. The van der Waals surface area contributed by atoms with Gasteiger partial charge in [-0.05, 0) is 36.8 Å². The van der Waals surface area contributed by atoms with E-state index in [0.717, 1.165) is 10.9 Å². The molecule has 0 aliphatic carbocycles. The first-order chi connectivity index (χ1) is 11.7. The standard InChI is InChI=1S/C18H17N3O3/c1-2-24-17-9-12(7-8-16(17)22)10-20-21-18(23)14-11-19-15-6-4-3-5-13(14)15/h3-11,19,22H,2H2,1H3,(H,21,23). The van der Waals surface area contributed by atoms with E-state index >= 15 is 0 Å². The number of amides is 1. The highest BCUT2D eigenvalue weighted by molar-refractivity contribution is 6.06. The second kappa shape index (κ2) is 6.87. The van der Waals surface area contributed by atoms with Crippen molar-refractivity contribution < 1.29 is 14.6 Å². The van der Waals surface area contributed by atoms with Crippen molar-refractivity contribution in [1.29, 1.82) is 0 Å². The topological polar surface area (TPSA) is 86.7 Å². The van der Waals surface area contributed by atoms with Crippen molar-refractivity contribution in [2.75, 3.05) is 6.61 Å². The van der Waals surface area contributed by atoms with Crippen molar-refractivity contribution in [1.82, 2.24) is 10.4 Å². The molecule has 122 valence electrons. The van der Waals surface area contributed by atoms with Gasteiger partial charge in [0.25, 0.3) is 5.91 Å². The Kier molecular flexibility index (Phi) is 4.47. The number of H-pyrrole nitrogens is 1. The van der Waals surface area contributed by atoms with Crippen LogP contribution in [0, 0.1) is 0 Å². The van der Waals surface area contributed by atoms with Crippen LogP contribution in [0.5, 0.6) is 11.5 Å². The Morgan fingerprint density at radius 1 is 1.33 bits per heavy atom. The third kappa shape index (κ3) is 3.22. The largest absolute Gasteiger partial charge is 0.504 e. The third-order valence-electron chi connectivity index (χ3n) is 3.50. The lowest BCUT2D eigenvalue weighted by Gasteiger charge is -2.06. The first-order valence-corrected chi connectivity index (χ1v) is 7.54. The Bertz CT molecular complexity index is 899. The lowest BCUT2D eigenvalue weighted by atomic mass is 10.2. The van der Waals surface area contributed by atoms with Crippen molar-refractivity contribution in [2.24, 2.45) is 5.10 Å². The first-order valence-electron chi connectivity index (χ1n) is 7.54. The molecule has 24 heavy (non-hydrogen) atoms. The fourth-order valence-corrected chi connectivity index (χ4v) is 2.37. The number of carbonyl (C=O) groups excluding carboxylic acids is 1. The molecule has 0 radical (unpaired) electrons. The Hall–Kier alpha value is -3.28. The number of phenolic OH excluding ortho intramolecular Hbond substituents is 1. The number of aromatic amines is 1.